The van der Waals surface area contributed by atoms with Crippen molar-refractivity contribution in [3.8, 4) is 0 Å². The van der Waals surface area contributed by atoms with E-state index in [4.69, 9.17) is 46.5 Å². The summed E-state index contributed by atoms with van der Waals surface area (Å²) >= 11 is 1.83. The summed E-state index contributed by atoms with van der Waals surface area (Å²) in [7, 11) is -2.21. The normalized spacial score (nSPS) is 21.7. The highest BCUT2D eigenvalue weighted by Crippen LogP contribution is 2.49. The van der Waals surface area contributed by atoms with Crippen LogP contribution in [0.3, 0.4) is 0 Å². The predicted molar refractivity (Wildman–Crippen MR) is 536 cm³/mol. The second-order valence-electron chi connectivity index (χ2n) is 39.2. The van der Waals surface area contributed by atoms with Gasteiger partial charge in [-0.3, -0.25) is 56.5 Å². The summed E-state index contributed by atoms with van der Waals surface area (Å²) < 4.78 is 84.3. The molecule has 0 saturated carbocycles. The Morgan fingerprint density at radius 3 is 0.939 bits per heavy atom. The molecule has 3 N–H and O–H groups in total. The third-order valence-electron chi connectivity index (χ3n) is 22.9. The Bertz CT molecular complexity index is 3280. The summed E-state index contributed by atoms with van der Waals surface area (Å²) in [6, 6.07) is -0.745. The maximum absolute atomic E-state index is 13.4. The molecule has 35 heteroatoms. The summed E-state index contributed by atoms with van der Waals surface area (Å²) in [6.07, 6.45) is 19.8. The van der Waals surface area contributed by atoms with E-state index in [-0.39, 0.29) is 153 Å². The number of ketones is 3. The van der Waals surface area contributed by atoms with Gasteiger partial charge in [-0.2, -0.15) is 11.8 Å². The molecule has 5 aliphatic heterocycles. The lowest BCUT2D eigenvalue weighted by Gasteiger charge is -2.26. The molecule has 0 aliphatic carbocycles. The predicted octanol–water partition coefficient (Wildman–Crippen LogP) is 19.6. The first-order valence-electron chi connectivity index (χ1n) is 49.8. The Labute approximate surface area is 811 Å². The lowest BCUT2D eigenvalue weighted by atomic mass is 10.0. The number of phosphoric acid groups is 2. The first-order chi connectivity index (χ1) is 61.8. The van der Waals surface area contributed by atoms with Gasteiger partial charge >= 0.3 is 15.6 Å². The van der Waals surface area contributed by atoms with Crippen molar-refractivity contribution in [1.82, 2.24) is 29.8 Å². The van der Waals surface area contributed by atoms with E-state index in [2.05, 4.69) is 46.9 Å². The zero-order chi connectivity index (χ0) is 97.8. The van der Waals surface area contributed by atoms with Gasteiger partial charge in [-0.1, -0.05) is 157 Å². The number of unbranched alkanes of at least 4 members (excludes halogenated alkanes) is 8. The average molecular weight is 1990 g/mol. The highest BCUT2D eigenvalue weighted by Gasteiger charge is 2.45. The van der Waals surface area contributed by atoms with Crippen molar-refractivity contribution in [3.63, 3.8) is 0 Å². The lowest BCUT2D eigenvalue weighted by molar-refractivity contribution is -0.134. The van der Waals surface area contributed by atoms with Crippen molar-refractivity contribution < 1.29 is 104 Å². The second-order valence-corrected chi connectivity index (χ2v) is 49.1. The number of hydrogen-bond donors (Lipinski definition) is 3. The van der Waals surface area contributed by atoms with Crippen LogP contribution in [-0.2, 0) is 94.0 Å². The highest BCUT2D eigenvalue weighted by molar-refractivity contribution is 8.77. The highest BCUT2D eigenvalue weighted by atomic mass is 33.1. The van der Waals surface area contributed by atoms with Crippen LogP contribution in [0.1, 0.15) is 339 Å². The Kier molecular flexibility index (Phi) is 64.9. The molecule has 0 spiro atoms. The van der Waals surface area contributed by atoms with Gasteiger partial charge in [-0.25, -0.2) is 9.13 Å². The monoisotopic (exact) mass is 1990 g/mol. The molecule has 0 radical (unpaired) electrons. The van der Waals surface area contributed by atoms with Crippen LogP contribution >= 0.6 is 70.6 Å². The van der Waals surface area contributed by atoms with Gasteiger partial charge in [0.25, 0.3) is 0 Å². The number of nitrogens with one attached hydrogen (secondary N) is 1. The number of hydrogen-bond acceptors (Lipinski definition) is 26. The summed E-state index contributed by atoms with van der Waals surface area (Å²) in [4.78, 5) is 132. The molecule has 5 fully saturated rings. The summed E-state index contributed by atoms with van der Waals surface area (Å²) in [5.41, 5.74) is 0. The fraction of sp³-hybridized carbons (Fsp3) is 0.917. The van der Waals surface area contributed by atoms with Crippen LogP contribution in [0.15, 0.2) is 0 Å². The number of rotatable bonds is 69. The van der Waals surface area contributed by atoms with Crippen molar-refractivity contribution >= 4 is 117 Å². The van der Waals surface area contributed by atoms with Gasteiger partial charge in [0, 0.05) is 131 Å². The minimum absolute atomic E-state index is 0.00193. The first-order valence-corrected chi connectivity index (χ1v) is 58.9. The molecule has 766 valence electrons. The number of Topliss-reactive ketones (excluding diaryl/α,β-unsaturated/α-hetero) is 3. The van der Waals surface area contributed by atoms with E-state index in [0.717, 1.165) is 112 Å². The van der Waals surface area contributed by atoms with Crippen LogP contribution in [0.25, 0.3) is 0 Å². The third kappa shape index (κ3) is 56.9. The molecule has 5 amide bonds. The van der Waals surface area contributed by atoms with Crippen LogP contribution in [0.5, 0.6) is 0 Å². The number of nitrogens with zero attached hydrogens (tertiary/aromatic N) is 5. The van der Waals surface area contributed by atoms with Crippen molar-refractivity contribution in [2.24, 2.45) is 17.8 Å². The number of carbonyl (C=O) groups excluding carboxylic acids is 8. The molecule has 28 nitrogen and oxygen atoms in total. The van der Waals surface area contributed by atoms with Crippen LogP contribution in [-0.4, -0.2) is 291 Å². The molecule has 0 aromatic rings. The quantitative estimate of drug-likeness (QED) is 0.0289. The number of amides is 5. The van der Waals surface area contributed by atoms with E-state index >= 15 is 0 Å². The smallest absolute Gasteiger partial charge is 0.377 e. The van der Waals surface area contributed by atoms with E-state index in [1.807, 2.05) is 127 Å². The first kappa shape index (κ1) is 123. The molecule has 0 aromatic carbocycles. The van der Waals surface area contributed by atoms with E-state index in [1.165, 1.54) is 12.8 Å². The molecule has 131 heavy (non-hydrogen) atoms. The zero-order valence-corrected chi connectivity index (χ0v) is 90.5. The topological polar surface area (TPSA) is 332 Å². The van der Waals surface area contributed by atoms with Crippen molar-refractivity contribution in [2.75, 3.05) is 101 Å². The second kappa shape index (κ2) is 69.0. The molecule has 5 aliphatic rings. The zero-order valence-electron chi connectivity index (χ0n) is 84.7. The van der Waals surface area contributed by atoms with E-state index in [9.17, 15) is 57.3 Å². The van der Waals surface area contributed by atoms with Gasteiger partial charge in [0.05, 0.1) is 130 Å². The van der Waals surface area contributed by atoms with Crippen LogP contribution < -0.4 is 5.32 Å². The Balaban J connectivity index is 0.000000537. The third-order valence-corrected chi connectivity index (χ3v) is 31.2. The van der Waals surface area contributed by atoms with E-state index in [0.29, 0.717) is 165 Å². The summed E-state index contributed by atoms with van der Waals surface area (Å²) in [6.45, 7) is 48.1. The largest absolute Gasteiger partial charge is 0.472 e. The van der Waals surface area contributed by atoms with Crippen molar-refractivity contribution in [3.05, 3.63) is 0 Å². The van der Waals surface area contributed by atoms with Gasteiger partial charge < -0.3 is 68.0 Å². The van der Waals surface area contributed by atoms with Crippen LogP contribution in [0.2, 0.25) is 0 Å². The number of thioether (sulfide) groups is 1. The van der Waals surface area contributed by atoms with Crippen molar-refractivity contribution in [1.29, 1.82) is 0 Å². The fourth-order valence-electron chi connectivity index (χ4n) is 16.2. The Morgan fingerprint density at radius 2 is 0.626 bits per heavy atom. The van der Waals surface area contributed by atoms with Gasteiger partial charge in [-0.05, 0) is 190 Å². The minimum atomic E-state index is -4.55. The molecule has 5 saturated heterocycles. The number of likely N-dealkylation sites (tertiary alicyclic amines) is 5. The molecule has 2 unspecified atom stereocenters. The van der Waals surface area contributed by atoms with Gasteiger partial charge in [0.2, 0.25) is 29.5 Å². The lowest BCUT2D eigenvalue weighted by Crippen LogP contribution is -2.39. The Hall–Kier alpha value is -1.95. The van der Waals surface area contributed by atoms with Crippen LogP contribution in [0.4, 0.5) is 0 Å². The molecular weight excluding hydrogens is 1810 g/mol. The molecule has 0 bridgehead atoms. The number of carbonyl (C=O) groups is 8. The van der Waals surface area contributed by atoms with E-state index < -0.39 is 33.9 Å². The van der Waals surface area contributed by atoms with Gasteiger partial charge in [0.15, 0.2) is 0 Å². The van der Waals surface area contributed by atoms with E-state index in [1.54, 1.807) is 62.8 Å². The number of ether oxygens (including phenoxy) is 6. The summed E-state index contributed by atoms with van der Waals surface area (Å²) in [5, 5.41) is 3.92. The molecular formula is C96H180N6O22P2S5. The molecule has 5 heterocycles. The average Bonchev–Trinajstić information content (AvgIpc) is 1.70. The number of phosphoric ester groups is 2. The van der Waals surface area contributed by atoms with Crippen molar-refractivity contribution in [2.45, 2.75) is 447 Å². The SMILES string of the molecule is CC(C)CCCCCCC(=O)N1C[C@H](OC(C)C)C[C@H]1COP(=O)(O)O[C@@H]1C[C@@H](COC(C)C)N(C(=O)CCCSC(C)C)C1.CC(C)NCCCCCC(=O)CCCCCCC(=O)N1C[C@H](OC(C)C)C[C@H]1COP(=O)(O)O[C@@H]1C[C@@H](COC(C)C)N(C(=O)CCCSSCCC(=O)C(C)C)C1.CC(C)OC[C@@H]1C[C@@H](OC(C)C)CN1C(=O)CCCSSCCC(=O)C(C)C. The molecule has 0 aromatic heterocycles. The van der Waals surface area contributed by atoms with Gasteiger partial charge in [0.1, 0.15) is 17.3 Å². The summed E-state index contributed by atoms with van der Waals surface area (Å²) in [5.74, 6) is 6.12. The minimum Gasteiger partial charge on any atom is -0.377 e. The van der Waals surface area contributed by atoms with Gasteiger partial charge in [-0.15, -0.1) is 0 Å². The fourth-order valence-corrected chi connectivity index (χ4v) is 23.1. The Morgan fingerprint density at radius 1 is 0.336 bits per heavy atom. The van der Waals surface area contributed by atoms with Crippen LogP contribution in [0, 0.1) is 17.8 Å². The molecule has 5 rings (SSSR count). The maximum atomic E-state index is 13.4. The standard InChI is InChI=1S/C42H78N3O10PS2.C33H63N2O8PS.C21H39NO4S2/c1-31(2)40(47)21-24-58-57-23-16-20-42(49)45-28-39(26-35(45)29-52-33(5)6)55-56(50,51)53-30-36-25-38(54-34(7)8)27-44(36)41(48)19-14-10-9-12-17-37(46)18-13-11-15-22-43-32(3)4;1-24(2)14-11-9-10-12-15-32(36)34-20-30(42-26(5)6)18-29(34)23-41-44(38,39)43-31-19-28(22-40-25(3)4)35(21-31)33(37)16-13-17-45-27(7)8;1-15(2)20(23)9-11-28-27-10-7-8-21(24)22-13-19(26-17(5)6)12-18(22)14-25-16(3)4/h31-36,38-39,43H,9-30H2,1-8H3,(H,50,51);24-31H,9-23H2,1-8H3,(H,38,39);15-19H,7-14H2,1-6H3/t35-,36-,38+,39+;28-,29-,30+,31+;18-,19+/m000/s1. The maximum Gasteiger partial charge on any atom is 0.472 e. The molecule has 12 atom stereocenters.